The Kier molecular flexibility index (Phi) is 4.37. The van der Waals surface area contributed by atoms with E-state index in [0.717, 1.165) is 19.4 Å². The fraction of sp³-hybridized carbons (Fsp3) is 0.429. The second-order valence-electron chi connectivity index (χ2n) is 4.56. The predicted octanol–water partition coefficient (Wildman–Crippen LogP) is 1.50. The number of nitriles is 1. The quantitative estimate of drug-likeness (QED) is 0.862. The van der Waals surface area contributed by atoms with Gasteiger partial charge in [0.2, 0.25) is 5.91 Å². The lowest BCUT2D eigenvalue weighted by molar-refractivity contribution is -0.120. The highest BCUT2D eigenvalue weighted by Gasteiger charge is 2.21. The third-order valence-corrected chi connectivity index (χ3v) is 3.26. The standard InChI is InChI=1S/C14H17N3O2/c1-19-13-7-10(8-15)4-5-12(13)17-14(18)11-3-2-6-16-9-11/h4-5,7,11,16H,2-3,6,9H2,1H3,(H,17,18). The second-order valence-corrected chi connectivity index (χ2v) is 4.56. The molecule has 1 aliphatic rings. The Morgan fingerprint density at radius 1 is 1.58 bits per heavy atom. The highest BCUT2D eigenvalue weighted by Crippen LogP contribution is 2.26. The third kappa shape index (κ3) is 3.24. The van der Waals surface area contributed by atoms with Crippen molar-refractivity contribution in [2.75, 3.05) is 25.5 Å². The molecular formula is C14H17N3O2. The van der Waals surface area contributed by atoms with Crippen LogP contribution in [-0.2, 0) is 4.79 Å². The molecule has 0 bridgehead atoms. The van der Waals surface area contributed by atoms with Gasteiger partial charge in [-0.15, -0.1) is 0 Å². The Hall–Kier alpha value is -2.06. The summed E-state index contributed by atoms with van der Waals surface area (Å²) in [5.74, 6) is 0.500. The highest BCUT2D eigenvalue weighted by molar-refractivity contribution is 5.94. The number of anilines is 1. The van der Waals surface area contributed by atoms with Gasteiger partial charge in [-0.1, -0.05) is 0 Å². The molecular weight excluding hydrogens is 242 g/mol. The third-order valence-electron chi connectivity index (χ3n) is 3.26. The van der Waals surface area contributed by atoms with Crippen molar-refractivity contribution < 1.29 is 9.53 Å². The van der Waals surface area contributed by atoms with E-state index in [2.05, 4.69) is 10.6 Å². The molecule has 0 aliphatic carbocycles. The first-order chi connectivity index (χ1) is 9.24. The summed E-state index contributed by atoms with van der Waals surface area (Å²) < 4.78 is 5.19. The van der Waals surface area contributed by atoms with Crippen molar-refractivity contribution in [1.29, 1.82) is 5.26 Å². The van der Waals surface area contributed by atoms with Crippen LogP contribution in [0.4, 0.5) is 5.69 Å². The number of methoxy groups -OCH3 is 1. The van der Waals surface area contributed by atoms with Gasteiger partial charge in [0.25, 0.3) is 0 Å². The van der Waals surface area contributed by atoms with Gasteiger partial charge in [0, 0.05) is 12.6 Å². The van der Waals surface area contributed by atoms with E-state index < -0.39 is 0 Å². The van der Waals surface area contributed by atoms with Crippen LogP contribution < -0.4 is 15.4 Å². The van der Waals surface area contributed by atoms with E-state index in [1.165, 1.54) is 7.11 Å². The van der Waals surface area contributed by atoms with Crippen LogP contribution in [-0.4, -0.2) is 26.1 Å². The normalized spacial score (nSPS) is 18.4. The van der Waals surface area contributed by atoms with Crippen LogP contribution in [0.2, 0.25) is 0 Å². The van der Waals surface area contributed by atoms with Gasteiger partial charge >= 0.3 is 0 Å². The van der Waals surface area contributed by atoms with E-state index in [9.17, 15) is 4.79 Å². The summed E-state index contributed by atoms with van der Waals surface area (Å²) in [7, 11) is 1.52. The van der Waals surface area contributed by atoms with E-state index in [4.69, 9.17) is 10.00 Å². The number of hydrogen-bond donors (Lipinski definition) is 2. The van der Waals surface area contributed by atoms with Crippen LogP contribution in [0.5, 0.6) is 5.75 Å². The summed E-state index contributed by atoms with van der Waals surface area (Å²) in [5, 5.41) is 14.9. The molecule has 0 saturated carbocycles. The molecule has 2 N–H and O–H groups in total. The molecule has 1 amide bonds. The number of piperidine rings is 1. The first-order valence-corrected chi connectivity index (χ1v) is 6.34. The summed E-state index contributed by atoms with van der Waals surface area (Å²) in [6.07, 6.45) is 1.92. The monoisotopic (exact) mass is 259 g/mol. The van der Waals surface area contributed by atoms with Crippen molar-refractivity contribution in [3.8, 4) is 11.8 Å². The zero-order valence-corrected chi connectivity index (χ0v) is 10.9. The first-order valence-electron chi connectivity index (χ1n) is 6.34. The van der Waals surface area contributed by atoms with E-state index in [1.54, 1.807) is 18.2 Å². The molecule has 100 valence electrons. The number of rotatable bonds is 3. The molecule has 1 unspecified atom stereocenters. The smallest absolute Gasteiger partial charge is 0.228 e. The average Bonchev–Trinajstić information content (AvgIpc) is 2.48. The van der Waals surface area contributed by atoms with E-state index in [-0.39, 0.29) is 11.8 Å². The van der Waals surface area contributed by atoms with Gasteiger partial charge in [0.1, 0.15) is 5.75 Å². The van der Waals surface area contributed by atoms with Crippen LogP contribution in [0, 0.1) is 17.2 Å². The Morgan fingerprint density at radius 3 is 3.05 bits per heavy atom. The molecule has 5 heteroatoms. The summed E-state index contributed by atoms with van der Waals surface area (Å²) >= 11 is 0. The summed E-state index contributed by atoms with van der Waals surface area (Å²) in [5.41, 5.74) is 1.12. The maximum Gasteiger partial charge on any atom is 0.228 e. The van der Waals surface area contributed by atoms with Crippen LogP contribution in [0.25, 0.3) is 0 Å². The highest BCUT2D eigenvalue weighted by atomic mass is 16.5. The molecule has 1 heterocycles. The molecule has 1 atom stereocenters. The SMILES string of the molecule is COc1cc(C#N)ccc1NC(=O)C1CCCNC1. The van der Waals surface area contributed by atoms with Gasteiger partial charge in [0.15, 0.2) is 0 Å². The van der Waals surface area contributed by atoms with E-state index in [0.29, 0.717) is 23.5 Å². The summed E-state index contributed by atoms with van der Waals surface area (Å²) in [6, 6.07) is 7.03. The number of benzene rings is 1. The van der Waals surface area contributed by atoms with Crippen molar-refractivity contribution in [3.05, 3.63) is 23.8 Å². The molecule has 1 fully saturated rings. The molecule has 0 aromatic heterocycles. The fourth-order valence-electron chi connectivity index (χ4n) is 2.17. The van der Waals surface area contributed by atoms with Crippen molar-refractivity contribution in [1.82, 2.24) is 5.32 Å². The van der Waals surface area contributed by atoms with E-state index in [1.807, 2.05) is 6.07 Å². The average molecular weight is 259 g/mol. The van der Waals surface area contributed by atoms with Gasteiger partial charge in [-0.3, -0.25) is 4.79 Å². The van der Waals surface area contributed by atoms with Crippen LogP contribution >= 0.6 is 0 Å². The Labute approximate surface area is 112 Å². The zero-order chi connectivity index (χ0) is 13.7. The maximum absolute atomic E-state index is 12.1. The molecule has 0 spiro atoms. The van der Waals surface area contributed by atoms with Gasteiger partial charge in [-0.2, -0.15) is 5.26 Å². The number of amides is 1. The largest absolute Gasteiger partial charge is 0.495 e. The van der Waals surface area contributed by atoms with Crippen molar-refractivity contribution >= 4 is 11.6 Å². The van der Waals surface area contributed by atoms with Crippen LogP contribution in [0.1, 0.15) is 18.4 Å². The summed E-state index contributed by atoms with van der Waals surface area (Å²) in [6.45, 7) is 1.69. The lowest BCUT2D eigenvalue weighted by Crippen LogP contribution is -2.37. The first kappa shape index (κ1) is 13.4. The lowest BCUT2D eigenvalue weighted by atomic mass is 9.98. The Balaban J connectivity index is 2.09. The van der Waals surface area contributed by atoms with Gasteiger partial charge in [-0.05, 0) is 31.5 Å². The lowest BCUT2D eigenvalue weighted by Gasteiger charge is -2.22. The molecule has 5 nitrogen and oxygen atoms in total. The Bertz CT molecular complexity index is 502. The minimum atomic E-state index is -0.00546. The number of hydrogen-bond acceptors (Lipinski definition) is 4. The van der Waals surface area contributed by atoms with Gasteiger partial charge in [-0.25, -0.2) is 0 Å². The van der Waals surface area contributed by atoms with Crippen molar-refractivity contribution in [3.63, 3.8) is 0 Å². The van der Waals surface area contributed by atoms with Gasteiger partial charge < -0.3 is 15.4 Å². The minimum absolute atomic E-state index is 0.00444. The summed E-state index contributed by atoms with van der Waals surface area (Å²) in [4.78, 5) is 12.1. The number of nitrogens with zero attached hydrogens (tertiary/aromatic N) is 1. The molecule has 1 aromatic carbocycles. The zero-order valence-electron chi connectivity index (χ0n) is 10.9. The molecule has 19 heavy (non-hydrogen) atoms. The predicted molar refractivity (Wildman–Crippen MR) is 71.9 cm³/mol. The fourth-order valence-corrected chi connectivity index (χ4v) is 2.17. The molecule has 1 saturated heterocycles. The molecule has 1 aromatic rings. The topological polar surface area (TPSA) is 74.1 Å². The van der Waals surface area contributed by atoms with Crippen molar-refractivity contribution in [2.45, 2.75) is 12.8 Å². The Morgan fingerprint density at radius 2 is 2.42 bits per heavy atom. The molecule has 2 rings (SSSR count). The van der Waals surface area contributed by atoms with Crippen LogP contribution in [0.15, 0.2) is 18.2 Å². The molecule has 0 radical (unpaired) electrons. The minimum Gasteiger partial charge on any atom is -0.495 e. The van der Waals surface area contributed by atoms with Gasteiger partial charge in [0.05, 0.1) is 30.3 Å². The number of carbonyl (C=O) groups is 1. The van der Waals surface area contributed by atoms with Crippen LogP contribution in [0.3, 0.4) is 0 Å². The van der Waals surface area contributed by atoms with Crippen molar-refractivity contribution in [2.24, 2.45) is 5.92 Å². The maximum atomic E-state index is 12.1. The number of nitrogens with one attached hydrogen (secondary N) is 2. The molecule has 1 aliphatic heterocycles. The number of carbonyl (C=O) groups excluding carboxylic acids is 1. The second kappa shape index (κ2) is 6.21. The van der Waals surface area contributed by atoms with E-state index >= 15 is 0 Å². The number of ether oxygens (including phenoxy) is 1.